The maximum atomic E-state index is 12.2. The average Bonchev–Trinajstić information content (AvgIpc) is 2.95. The first-order chi connectivity index (χ1) is 10.8. The number of halogens is 1. The first-order valence-corrected chi connectivity index (χ1v) is 8.09. The van der Waals surface area contributed by atoms with Crippen LogP contribution in [0.4, 0.5) is 4.79 Å². The Bertz CT molecular complexity index is 742. The molecule has 1 aliphatic heterocycles. The minimum absolute atomic E-state index is 0.248. The van der Waals surface area contributed by atoms with Crippen LogP contribution >= 0.6 is 11.6 Å². The van der Waals surface area contributed by atoms with Crippen molar-refractivity contribution in [1.29, 1.82) is 0 Å². The number of fused-ring (bicyclic) bond motifs is 1. The molecule has 1 amide bonds. The Morgan fingerprint density at radius 2 is 2.13 bits per heavy atom. The van der Waals surface area contributed by atoms with Gasteiger partial charge in [0.15, 0.2) is 0 Å². The number of nitrogens with zero attached hydrogens (tertiary/aromatic N) is 3. The SMILES string of the molecule is CC(C)(C)OC(=O)N1CCC(c2ccc3ncnc(Cl)c3c2)C1. The molecule has 2 heterocycles. The van der Waals surface area contributed by atoms with E-state index in [1.54, 1.807) is 4.90 Å². The Balaban J connectivity index is 1.76. The number of hydrogen-bond donors (Lipinski definition) is 0. The van der Waals surface area contributed by atoms with Gasteiger partial charge in [-0.1, -0.05) is 17.7 Å². The average molecular weight is 334 g/mol. The number of benzene rings is 1. The van der Waals surface area contributed by atoms with Gasteiger partial charge >= 0.3 is 6.09 Å². The van der Waals surface area contributed by atoms with Crippen molar-refractivity contribution in [2.24, 2.45) is 0 Å². The molecule has 3 rings (SSSR count). The van der Waals surface area contributed by atoms with Crippen LogP contribution in [0.5, 0.6) is 0 Å². The number of hydrogen-bond acceptors (Lipinski definition) is 4. The number of ether oxygens (including phenoxy) is 1. The van der Waals surface area contributed by atoms with Crippen molar-refractivity contribution >= 4 is 28.6 Å². The molecule has 122 valence electrons. The Kier molecular flexibility index (Phi) is 4.15. The number of amides is 1. The fraction of sp³-hybridized carbons (Fsp3) is 0.471. The molecule has 1 atom stereocenters. The number of carbonyl (C=O) groups excluding carboxylic acids is 1. The molecule has 1 fully saturated rings. The van der Waals surface area contributed by atoms with Gasteiger partial charge in [-0.25, -0.2) is 14.8 Å². The van der Waals surface area contributed by atoms with Gasteiger partial charge in [-0.15, -0.1) is 0 Å². The quantitative estimate of drug-likeness (QED) is 0.740. The van der Waals surface area contributed by atoms with Gasteiger partial charge in [-0.2, -0.15) is 0 Å². The highest BCUT2D eigenvalue weighted by molar-refractivity contribution is 6.34. The van der Waals surface area contributed by atoms with Crippen molar-refractivity contribution in [2.75, 3.05) is 13.1 Å². The molecule has 0 saturated carbocycles. The molecule has 0 spiro atoms. The predicted molar refractivity (Wildman–Crippen MR) is 89.7 cm³/mol. The van der Waals surface area contributed by atoms with E-state index in [2.05, 4.69) is 16.0 Å². The summed E-state index contributed by atoms with van der Waals surface area (Å²) >= 11 is 6.15. The van der Waals surface area contributed by atoms with E-state index in [4.69, 9.17) is 16.3 Å². The number of carbonyl (C=O) groups is 1. The lowest BCUT2D eigenvalue weighted by Gasteiger charge is -2.24. The van der Waals surface area contributed by atoms with E-state index in [0.29, 0.717) is 18.2 Å². The maximum Gasteiger partial charge on any atom is 0.410 e. The van der Waals surface area contributed by atoms with Crippen LogP contribution in [0, 0.1) is 0 Å². The van der Waals surface area contributed by atoms with Crippen molar-refractivity contribution in [3.63, 3.8) is 0 Å². The number of rotatable bonds is 1. The lowest BCUT2D eigenvalue weighted by Crippen LogP contribution is -2.35. The fourth-order valence-corrected chi connectivity index (χ4v) is 3.02. The molecule has 2 aromatic rings. The molecule has 23 heavy (non-hydrogen) atoms. The molecule has 6 heteroatoms. The fourth-order valence-electron chi connectivity index (χ4n) is 2.82. The smallest absolute Gasteiger partial charge is 0.410 e. The molecule has 1 aliphatic rings. The van der Waals surface area contributed by atoms with Gasteiger partial charge < -0.3 is 9.64 Å². The van der Waals surface area contributed by atoms with Gasteiger partial charge in [-0.3, -0.25) is 0 Å². The normalized spacial score (nSPS) is 18.4. The van der Waals surface area contributed by atoms with Gasteiger partial charge in [0.2, 0.25) is 0 Å². The molecule has 0 radical (unpaired) electrons. The highest BCUT2D eigenvalue weighted by atomic mass is 35.5. The minimum atomic E-state index is -0.469. The third-order valence-corrected chi connectivity index (χ3v) is 4.22. The van der Waals surface area contributed by atoms with E-state index in [0.717, 1.165) is 22.9 Å². The molecule has 0 N–H and O–H groups in total. The molecular weight excluding hydrogens is 314 g/mol. The molecule has 1 aromatic heterocycles. The number of likely N-dealkylation sites (tertiary alicyclic amines) is 1. The van der Waals surface area contributed by atoms with E-state index >= 15 is 0 Å². The van der Waals surface area contributed by atoms with E-state index < -0.39 is 5.60 Å². The highest BCUT2D eigenvalue weighted by Gasteiger charge is 2.30. The van der Waals surface area contributed by atoms with Crippen LogP contribution in [0.15, 0.2) is 24.5 Å². The zero-order valence-electron chi connectivity index (χ0n) is 13.5. The zero-order valence-corrected chi connectivity index (χ0v) is 14.3. The lowest BCUT2D eigenvalue weighted by molar-refractivity contribution is 0.0292. The summed E-state index contributed by atoms with van der Waals surface area (Å²) in [5.74, 6) is 0.281. The second kappa shape index (κ2) is 5.96. The summed E-state index contributed by atoms with van der Waals surface area (Å²) in [5.41, 5.74) is 1.51. The Morgan fingerprint density at radius 3 is 2.87 bits per heavy atom. The van der Waals surface area contributed by atoms with Gasteiger partial charge in [0.1, 0.15) is 17.1 Å². The summed E-state index contributed by atoms with van der Waals surface area (Å²) in [6.45, 7) is 7.00. The minimum Gasteiger partial charge on any atom is -0.444 e. The predicted octanol–water partition coefficient (Wildman–Crippen LogP) is 4.01. The van der Waals surface area contributed by atoms with Crippen molar-refractivity contribution in [3.8, 4) is 0 Å². The van der Waals surface area contributed by atoms with Crippen LogP contribution in [-0.4, -0.2) is 39.7 Å². The van der Waals surface area contributed by atoms with Crippen molar-refractivity contribution < 1.29 is 9.53 Å². The summed E-state index contributed by atoms with van der Waals surface area (Å²) < 4.78 is 5.44. The first kappa shape index (κ1) is 16.0. The monoisotopic (exact) mass is 333 g/mol. The molecule has 0 aliphatic carbocycles. The standard InChI is InChI=1S/C17H20ClN3O2/c1-17(2,3)23-16(22)21-7-6-12(9-21)11-4-5-14-13(8-11)15(18)20-10-19-14/h4-5,8,10,12H,6-7,9H2,1-3H3. The summed E-state index contributed by atoms with van der Waals surface area (Å²) in [6, 6.07) is 6.03. The molecule has 5 nitrogen and oxygen atoms in total. The van der Waals surface area contributed by atoms with Crippen LogP contribution in [0.2, 0.25) is 5.15 Å². The van der Waals surface area contributed by atoms with Crippen LogP contribution in [0.1, 0.15) is 38.7 Å². The second-order valence-corrected chi connectivity index (χ2v) is 7.21. The van der Waals surface area contributed by atoms with Crippen molar-refractivity contribution in [3.05, 3.63) is 35.2 Å². The van der Waals surface area contributed by atoms with Crippen LogP contribution in [0.3, 0.4) is 0 Å². The number of aromatic nitrogens is 2. The van der Waals surface area contributed by atoms with E-state index in [1.165, 1.54) is 6.33 Å². The molecule has 1 saturated heterocycles. The van der Waals surface area contributed by atoms with E-state index in [9.17, 15) is 4.79 Å². The Morgan fingerprint density at radius 1 is 1.35 bits per heavy atom. The van der Waals surface area contributed by atoms with Gasteiger partial charge in [0, 0.05) is 24.4 Å². The topological polar surface area (TPSA) is 55.3 Å². The zero-order chi connectivity index (χ0) is 16.6. The first-order valence-electron chi connectivity index (χ1n) is 7.71. The summed E-state index contributed by atoms with van der Waals surface area (Å²) in [7, 11) is 0. The lowest BCUT2D eigenvalue weighted by atomic mass is 9.97. The van der Waals surface area contributed by atoms with E-state index in [1.807, 2.05) is 32.9 Å². The maximum absolute atomic E-state index is 12.2. The van der Waals surface area contributed by atoms with Crippen molar-refractivity contribution in [2.45, 2.75) is 38.7 Å². The van der Waals surface area contributed by atoms with Crippen LogP contribution in [0.25, 0.3) is 10.9 Å². The molecule has 1 unspecified atom stereocenters. The summed E-state index contributed by atoms with van der Waals surface area (Å²) in [4.78, 5) is 22.2. The Labute approximate surface area is 140 Å². The van der Waals surface area contributed by atoms with E-state index in [-0.39, 0.29) is 12.0 Å². The third kappa shape index (κ3) is 3.55. The summed E-state index contributed by atoms with van der Waals surface area (Å²) in [5, 5.41) is 1.31. The van der Waals surface area contributed by atoms with Gasteiger partial charge in [0.25, 0.3) is 0 Å². The summed E-state index contributed by atoms with van der Waals surface area (Å²) in [6.07, 6.45) is 2.13. The van der Waals surface area contributed by atoms with Gasteiger partial charge in [0.05, 0.1) is 5.52 Å². The van der Waals surface area contributed by atoms with Gasteiger partial charge in [-0.05, 0) is 44.9 Å². The molecule has 0 bridgehead atoms. The third-order valence-electron chi connectivity index (χ3n) is 3.92. The van der Waals surface area contributed by atoms with Crippen molar-refractivity contribution in [1.82, 2.24) is 14.9 Å². The van der Waals surface area contributed by atoms with Crippen LogP contribution in [-0.2, 0) is 4.74 Å². The van der Waals surface area contributed by atoms with Crippen LogP contribution < -0.4 is 0 Å². The Hall–Kier alpha value is -1.88. The highest BCUT2D eigenvalue weighted by Crippen LogP contribution is 2.31. The largest absolute Gasteiger partial charge is 0.444 e. The molecule has 1 aromatic carbocycles. The second-order valence-electron chi connectivity index (χ2n) is 6.85. The molecular formula is C17H20ClN3O2.